The van der Waals surface area contributed by atoms with Gasteiger partial charge in [-0.2, -0.15) is 0 Å². The number of rotatable bonds is 5. The molecule has 1 fully saturated rings. The Labute approximate surface area is 115 Å². The van der Waals surface area contributed by atoms with Gasteiger partial charge in [0.2, 0.25) is 10.0 Å². The monoisotopic (exact) mass is 337 g/mol. The van der Waals surface area contributed by atoms with E-state index < -0.39 is 10.0 Å². The Morgan fingerprint density at radius 2 is 2.18 bits per heavy atom. The van der Waals surface area contributed by atoms with Gasteiger partial charge >= 0.3 is 0 Å². The molecule has 0 aromatic carbocycles. The Bertz CT molecular complexity index is 486. The van der Waals surface area contributed by atoms with Crippen molar-refractivity contribution in [3.63, 3.8) is 0 Å². The van der Waals surface area contributed by atoms with Crippen molar-refractivity contribution in [2.45, 2.75) is 36.8 Å². The minimum Gasteiger partial charge on any atom is -0.210 e. The average Bonchev–Trinajstić information content (AvgIpc) is 2.64. The summed E-state index contributed by atoms with van der Waals surface area (Å²) >= 11 is 4.52. The van der Waals surface area contributed by atoms with Crippen LogP contribution in [0.5, 0.6) is 0 Å². The van der Waals surface area contributed by atoms with E-state index in [0.29, 0.717) is 10.8 Å². The molecule has 96 valence electrons. The lowest BCUT2D eigenvalue weighted by Gasteiger charge is -2.41. The third-order valence-electron chi connectivity index (χ3n) is 3.61. The highest BCUT2D eigenvalue weighted by molar-refractivity contribution is 9.11. The Kier molecular flexibility index (Phi) is 3.97. The maximum absolute atomic E-state index is 12.0. The molecule has 0 spiro atoms. The summed E-state index contributed by atoms with van der Waals surface area (Å²) < 4.78 is 28.0. The Morgan fingerprint density at radius 3 is 2.59 bits per heavy atom. The highest BCUT2D eigenvalue weighted by Crippen LogP contribution is 2.43. The topological polar surface area (TPSA) is 46.2 Å². The maximum Gasteiger partial charge on any atom is 0.250 e. The molecule has 1 saturated carbocycles. The van der Waals surface area contributed by atoms with Crippen molar-refractivity contribution in [1.82, 2.24) is 4.72 Å². The normalized spacial score (nSPS) is 18.9. The van der Waals surface area contributed by atoms with E-state index in [4.69, 9.17) is 0 Å². The molecule has 1 aliphatic carbocycles. The predicted octanol–water partition coefficient (Wildman–Crippen LogP) is 3.37. The van der Waals surface area contributed by atoms with Gasteiger partial charge in [0.1, 0.15) is 4.21 Å². The van der Waals surface area contributed by atoms with Crippen LogP contribution in [-0.2, 0) is 10.0 Å². The van der Waals surface area contributed by atoms with Crippen LogP contribution >= 0.6 is 27.3 Å². The minimum absolute atomic E-state index is 0.210. The van der Waals surface area contributed by atoms with Crippen LogP contribution < -0.4 is 4.72 Å². The molecule has 3 nitrogen and oxygen atoms in total. The van der Waals surface area contributed by atoms with Gasteiger partial charge in [0.05, 0.1) is 3.79 Å². The van der Waals surface area contributed by atoms with Gasteiger partial charge in [0, 0.05) is 6.54 Å². The molecule has 1 N–H and O–H groups in total. The van der Waals surface area contributed by atoms with E-state index in [1.54, 1.807) is 12.1 Å². The van der Waals surface area contributed by atoms with Gasteiger partial charge < -0.3 is 0 Å². The van der Waals surface area contributed by atoms with Crippen molar-refractivity contribution in [1.29, 1.82) is 0 Å². The van der Waals surface area contributed by atoms with Crippen molar-refractivity contribution in [3.8, 4) is 0 Å². The Balaban J connectivity index is 2.03. The van der Waals surface area contributed by atoms with E-state index in [2.05, 4.69) is 27.6 Å². The van der Waals surface area contributed by atoms with Crippen LogP contribution in [-0.4, -0.2) is 15.0 Å². The van der Waals surface area contributed by atoms with Crippen LogP contribution in [0.25, 0.3) is 0 Å². The second-order valence-electron chi connectivity index (χ2n) is 4.59. The van der Waals surface area contributed by atoms with E-state index in [0.717, 1.165) is 23.0 Å². The quantitative estimate of drug-likeness (QED) is 0.895. The summed E-state index contributed by atoms with van der Waals surface area (Å²) in [6.07, 6.45) is 4.55. The molecule has 0 unspecified atom stereocenters. The van der Waals surface area contributed by atoms with Crippen molar-refractivity contribution < 1.29 is 8.42 Å². The molecule has 0 radical (unpaired) electrons. The zero-order valence-electron chi connectivity index (χ0n) is 9.70. The number of thiophene rings is 1. The van der Waals surface area contributed by atoms with Crippen LogP contribution in [0.3, 0.4) is 0 Å². The zero-order chi connectivity index (χ0) is 12.5. The first-order chi connectivity index (χ1) is 7.97. The first-order valence-electron chi connectivity index (χ1n) is 5.72. The summed E-state index contributed by atoms with van der Waals surface area (Å²) in [4.78, 5) is 0. The molecule has 1 aromatic rings. The van der Waals surface area contributed by atoms with E-state index in [1.165, 1.54) is 17.8 Å². The SMILES string of the molecule is CCC1(CNS(=O)(=O)c2ccc(Br)s2)CCC1. The van der Waals surface area contributed by atoms with Crippen molar-refractivity contribution >= 4 is 37.3 Å². The fourth-order valence-electron chi connectivity index (χ4n) is 2.09. The Morgan fingerprint density at radius 1 is 1.47 bits per heavy atom. The van der Waals surface area contributed by atoms with Crippen molar-refractivity contribution in [3.05, 3.63) is 15.9 Å². The van der Waals surface area contributed by atoms with Crippen LogP contribution in [0.2, 0.25) is 0 Å². The average molecular weight is 338 g/mol. The van der Waals surface area contributed by atoms with Crippen LogP contribution in [0, 0.1) is 5.41 Å². The van der Waals surface area contributed by atoms with Gasteiger partial charge in [0.25, 0.3) is 0 Å². The summed E-state index contributed by atoms with van der Waals surface area (Å²) in [5, 5.41) is 0. The lowest BCUT2D eigenvalue weighted by molar-refractivity contribution is 0.133. The number of hydrogen-bond acceptors (Lipinski definition) is 3. The summed E-state index contributed by atoms with van der Waals surface area (Å²) in [7, 11) is -3.32. The van der Waals surface area contributed by atoms with Gasteiger partial charge in [-0.1, -0.05) is 13.3 Å². The summed E-state index contributed by atoms with van der Waals surface area (Å²) in [6.45, 7) is 2.70. The lowest BCUT2D eigenvalue weighted by atomic mass is 9.67. The Hall–Kier alpha value is 0.0900. The first kappa shape index (κ1) is 13.5. The van der Waals surface area contributed by atoms with Gasteiger partial charge in [-0.3, -0.25) is 0 Å². The second-order valence-corrected chi connectivity index (χ2v) is 9.05. The van der Waals surface area contributed by atoms with E-state index >= 15 is 0 Å². The van der Waals surface area contributed by atoms with Crippen molar-refractivity contribution in [2.75, 3.05) is 6.54 Å². The molecule has 1 aliphatic rings. The van der Waals surface area contributed by atoms with Gasteiger partial charge in [-0.15, -0.1) is 11.3 Å². The highest BCUT2D eigenvalue weighted by Gasteiger charge is 2.36. The third kappa shape index (κ3) is 2.92. The van der Waals surface area contributed by atoms with Crippen molar-refractivity contribution in [2.24, 2.45) is 5.41 Å². The molecule has 0 atom stereocenters. The molecular weight excluding hydrogens is 322 g/mol. The van der Waals surface area contributed by atoms with Gasteiger partial charge in [0.15, 0.2) is 0 Å². The molecule has 0 saturated heterocycles. The smallest absolute Gasteiger partial charge is 0.210 e. The molecule has 0 amide bonds. The lowest BCUT2D eigenvalue weighted by Crippen LogP contribution is -2.41. The molecule has 1 heterocycles. The summed E-state index contributed by atoms with van der Waals surface area (Å²) in [6, 6.07) is 3.40. The second kappa shape index (κ2) is 4.99. The van der Waals surface area contributed by atoms with E-state index in [1.807, 2.05) is 0 Å². The highest BCUT2D eigenvalue weighted by atomic mass is 79.9. The fourth-order valence-corrected chi connectivity index (χ4v) is 5.31. The first-order valence-corrected chi connectivity index (χ1v) is 8.82. The third-order valence-corrected chi connectivity index (χ3v) is 7.13. The molecule has 17 heavy (non-hydrogen) atoms. The van der Waals surface area contributed by atoms with Gasteiger partial charge in [-0.05, 0) is 52.7 Å². The largest absolute Gasteiger partial charge is 0.250 e. The number of sulfonamides is 1. The molecular formula is C11H16BrNO2S2. The van der Waals surface area contributed by atoms with Crippen LogP contribution in [0.15, 0.2) is 20.1 Å². The molecule has 0 aliphatic heterocycles. The van der Waals surface area contributed by atoms with Crippen LogP contribution in [0.1, 0.15) is 32.6 Å². The molecule has 2 rings (SSSR count). The fraction of sp³-hybridized carbons (Fsp3) is 0.636. The standard InChI is InChI=1S/C11H16BrNO2S2/c1-2-11(6-3-7-11)8-13-17(14,15)10-5-4-9(12)16-10/h4-5,13H,2-3,6-8H2,1H3. The van der Waals surface area contributed by atoms with E-state index in [-0.39, 0.29) is 5.41 Å². The number of halogens is 1. The summed E-state index contributed by atoms with van der Waals surface area (Å²) in [5.41, 5.74) is 0.210. The molecule has 1 aromatic heterocycles. The number of nitrogens with one attached hydrogen (secondary N) is 1. The van der Waals surface area contributed by atoms with E-state index in [9.17, 15) is 8.42 Å². The zero-order valence-corrected chi connectivity index (χ0v) is 12.9. The predicted molar refractivity (Wildman–Crippen MR) is 73.8 cm³/mol. The summed E-state index contributed by atoms with van der Waals surface area (Å²) in [5.74, 6) is 0. The minimum atomic E-state index is -3.32. The van der Waals surface area contributed by atoms with Crippen LogP contribution in [0.4, 0.5) is 0 Å². The van der Waals surface area contributed by atoms with Gasteiger partial charge in [-0.25, -0.2) is 13.1 Å². The number of hydrogen-bond donors (Lipinski definition) is 1. The maximum atomic E-state index is 12.0. The molecule has 6 heteroatoms. The molecule has 0 bridgehead atoms.